The van der Waals surface area contributed by atoms with Crippen LogP contribution in [0.2, 0.25) is 0 Å². The topological polar surface area (TPSA) is 83.8 Å². The normalized spacial score (nSPS) is 20.1. The van der Waals surface area contributed by atoms with Gasteiger partial charge in [0.1, 0.15) is 29.5 Å². The number of alkyl halides is 1. The van der Waals surface area contributed by atoms with Crippen molar-refractivity contribution in [2.75, 3.05) is 38.2 Å². The van der Waals surface area contributed by atoms with Crippen LogP contribution in [0.25, 0.3) is 22.3 Å². The van der Waals surface area contributed by atoms with Gasteiger partial charge in [-0.05, 0) is 30.2 Å². The molecule has 2 N–H and O–H groups in total. The molecular formula is C26H25F3N8. The number of halogens is 3. The first-order chi connectivity index (χ1) is 18.0. The summed E-state index contributed by atoms with van der Waals surface area (Å²) in [5, 5.41) is 6.34. The van der Waals surface area contributed by atoms with Crippen LogP contribution in [0.4, 0.5) is 24.9 Å². The highest BCUT2D eigenvalue weighted by molar-refractivity contribution is 5.83. The fourth-order valence-electron chi connectivity index (χ4n) is 5.80. The second kappa shape index (κ2) is 8.49. The van der Waals surface area contributed by atoms with E-state index in [4.69, 9.17) is 0 Å². The molecule has 0 bridgehead atoms. The summed E-state index contributed by atoms with van der Waals surface area (Å²) in [5.41, 5.74) is 2.36. The molecule has 1 atom stereocenters. The van der Waals surface area contributed by atoms with E-state index in [1.165, 1.54) is 6.07 Å². The molecule has 8 nitrogen and oxygen atoms in total. The zero-order chi connectivity index (χ0) is 25.1. The zero-order valence-electron chi connectivity index (χ0n) is 20.0. The molecule has 0 aliphatic carbocycles. The zero-order valence-corrected chi connectivity index (χ0v) is 20.0. The van der Waals surface area contributed by atoms with E-state index in [0.29, 0.717) is 35.4 Å². The first kappa shape index (κ1) is 22.6. The first-order valence-corrected chi connectivity index (χ1v) is 12.4. The lowest BCUT2D eigenvalue weighted by Gasteiger charge is -2.56. The molecule has 1 aromatic carbocycles. The van der Waals surface area contributed by atoms with Crippen LogP contribution in [0.15, 0.2) is 36.7 Å². The number of likely N-dealkylation sites (tertiary alicyclic amines) is 1. The highest BCUT2D eigenvalue weighted by Gasteiger charge is 2.47. The minimum Gasteiger partial charge on any atom is -0.322 e. The van der Waals surface area contributed by atoms with E-state index in [1.807, 2.05) is 18.3 Å². The summed E-state index contributed by atoms with van der Waals surface area (Å²) in [4.78, 5) is 19.5. The SMILES string of the molecule is FCC1CCc2nc3c(F)cc(-c4nc(Nc5ccc(CN6CC7(CNC7)C6)cn5)ncc4F)cc3n21. The second-order valence-corrected chi connectivity index (χ2v) is 10.4. The van der Waals surface area contributed by atoms with Gasteiger partial charge in [-0.25, -0.2) is 33.1 Å². The van der Waals surface area contributed by atoms with Crippen LogP contribution in [0.5, 0.6) is 0 Å². The van der Waals surface area contributed by atoms with Crippen LogP contribution >= 0.6 is 0 Å². The first-order valence-electron chi connectivity index (χ1n) is 12.4. The van der Waals surface area contributed by atoms with Gasteiger partial charge in [0, 0.05) is 56.3 Å². The van der Waals surface area contributed by atoms with Crippen molar-refractivity contribution in [1.82, 2.24) is 34.7 Å². The van der Waals surface area contributed by atoms with Crippen molar-refractivity contribution in [3.8, 4) is 11.3 Å². The number of rotatable bonds is 6. The molecule has 11 heteroatoms. The molecule has 2 saturated heterocycles. The Labute approximate surface area is 211 Å². The summed E-state index contributed by atoms with van der Waals surface area (Å²) in [5.74, 6) is 0.00995. The summed E-state index contributed by atoms with van der Waals surface area (Å²) >= 11 is 0. The Hall–Kier alpha value is -3.57. The van der Waals surface area contributed by atoms with Crippen molar-refractivity contribution < 1.29 is 13.2 Å². The van der Waals surface area contributed by atoms with E-state index < -0.39 is 24.4 Å². The van der Waals surface area contributed by atoms with Gasteiger partial charge in [-0.2, -0.15) is 0 Å². The number of hydrogen-bond acceptors (Lipinski definition) is 7. The third kappa shape index (κ3) is 3.84. The second-order valence-electron chi connectivity index (χ2n) is 10.4. The van der Waals surface area contributed by atoms with E-state index in [-0.39, 0.29) is 22.7 Å². The molecule has 0 amide bonds. The molecular weight excluding hydrogens is 481 g/mol. The van der Waals surface area contributed by atoms with Crippen LogP contribution in [0.1, 0.15) is 23.9 Å². The number of aromatic nitrogens is 5. The molecule has 0 saturated carbocycles. The van der Waals surface area contributed by atoms with Gasteiger partial charge in [0.15, 0.2) is 11.6 Å². The van der Waals surface area contributed by atoms with Gasteiger partial charge in [0.2, 0.25) is 5.95 Å². The molecule has 3 aliphatic heterocycles. The molecule has 7 rings (SSSR count). The predicted octanol–water partition coefficient (Wildman–Crippen LogP) is 3.77. The monoisotopic (exact) mass is 506 g/mol. The number of anilines is 2. The number of hydrogen-bond donors (Lipinski definition) is 2. The molecule has 3 aromatic heterocycles. The number of benzene rings is 1. The Bertz CT molecular complexity index is 1490. The summed E-state index contributed by atoms with van der Waals surface area (Å²) in [6.07, 6.45) is 4.04. The van der Waals surface area contributed by atoms with E-state index in [1.54, 1.807) is 10.6 Å². The lowest BCUT2D eigenvalue weighted by atomic mass is 9.74. The summed E-state index contributed by atoms with van der Waals surface area (Å²) in [6.45, 7) is 4.70. The Balaban J connectivity index is 1.12. The summed E-state index contributed by atoms with van der Waals surface area (Å²) in [7, 11) is 0. The van der Waals surface area contributed by atoms with E-state index in [2.05, 4.69) is 35.5 Å². The average molecular weight is 507 g/mol. The number of nitrogens with zero attached hydrogens (tertiary/aromatic N) is 6. The molecule has 6 heterocycles. The van der Waals surface area contributed by atoms with Crippen molar-refractivity contribution in [2.24, 2.45) is 5.41 Å². The van der Waals surface area contributed by atoms with Gasteiger partial charge < -0.3 is 15.2 Å². The van der Waals surface area contributed by atoms with E-state index in [0.717, 1.165) is 44.5 Å². The van der Waals surface area contributed by atoms with Crippen molar-refractivity contribution in [3.05, 3.63) is 59.7 Å². The maximum absolute atomic E-state index is 15.0. The van der Waals surface area contributed by atoms with Crippen LogP contribution in [-0.2, 0) is 13.0 Å². The van der Waals surface area contributed by atoms with Gasteiger partial charge in [0.05, 0.1) is 17.8 Å². The summed E-state index contributed by atoms with van der Waals surface area (Å²) < 4.78 is 45.0. The summed E-state index contributed by atoms with van der Waals surface area (Å²) in [6, 6.07) is 6.26. The van der Waals surface area contributed by atoms with Crippen LogP contribution in [0, 0.1) is 17.0 Å². The molecule has 0 radical (unpaired) electrons. The Kier molecular flexibility index (Phi) is 5.19. The Morgan fingerprint density at radius 1 is 1.05 bits per heavy atom. The third-order valence-corrected chi connectivity index (χ3v) is 7.67. The standard InChI is InChI=1S/C26H25F3N8/c27-7-17-2-4-22-34-24-18(28)5-16(6-20(24)37(17)22)23-19(29)9-32-25(35-23)33-21-3-1-15(8-31-21)10-36-13-26(14-36)11-30-12-26/h1,3,5-6,8-9,17,30H,2,4,7,10-14H2,(H,31,32,33,35). The highest BCUT2D eigenvalue weighted by Crippen LogP contribution is 2.36. The fourth-order valence-corrected chi connectivity index (χ4v) is 5.80. The largest absolute Gasteiger partial charge is 0.322 e. The van der Waals surface area contributed by atoms with Gasteiger partial charge in [-0.1, -0.05) is 6.07 Å². The highest BCUT2D eigenvalue weighted by atomic mass is 19.1. The number of nitrogens with one attached hydrogen (secondary N) is 2. The van der Waals surface area contributed by atoms with E-state index >= 15 is 0 Å². The molecule has 1 spiro atoms. The third-order valence-electron chi connectivity index (χ3n) is 7.67. The lowest BCUT2D eigenvalue weighted by molar-refractivity contribution is -0.0444. The minimum atomic E-state index is -0.690. The lowest BCUT2D eigenvalue weighted by Crippen LogP contribution is -2.70. The van der Waals surface area contributed by atoms with Crippen LogP contribution in [-0.4, -0.2) is 62.3 Å². The number of pyridine rings is 1. The van der Waals surface area contributed by atoms with Crippen LogP contribution < -0.4 is 10.6 Å². The molecule has 4 aromatic rings. The Morgan fingerprint density at radius 2 is 1.92 bits per heavy atom. The molecule has 1 unspecified atom stereocenters. The molecule has 3 aliphatic rings. The minimum absolute atomic E-state index is 0.0579. The number of fused-ring (bicyclic) bond motifs is 3. The van der Waals surface area contributed by atoms with Crippen molar-refractivity contribution >= 4 is 22.8 Å². The maximum Gasteiger partial charge on any atom is 0.229 e. The Morgan fingerprint density at radius 3 is 2.65 bits per heavy atom. The smallest absolute Gasteiger partial charge is 0.229 e. The van der Waals surface area contributed by atoms with Gasteiger partial charge in [0.25, 0.3) is 0 Å². The predicted molar refractivity (Wildman–Crippen MR) is 132 cm³/mol. The van der Waals surface area contributed by atoms with E-state index in [9.17, 15) is 13.2 Å². The van der Waals surface area contributed by atoms with Crippen molar-refractivity contribution in [1.29, 1.82) is 0 Å². The van der Waals surface area contributed by atoms with Gasteiger partial charge in [-0.3, -0.25) is 4.90 Å². The fraction of sp³-hybridized carbons (Fsp3) is 0.385. The quantitative estimate of drug-likeness (QED) is 0.412. The molecule has 2 fully saturated rings. The molecule has 37 heavy (non-hydrogen) atoms. The van der Waals surface area contributed by atoms with Gasteiger partial charge >= 0.3 is 0 Å². The van der Waals surface area contributed by atoms with Crippen LogP contribution in [0.3, 0.4) is 0 Å². The van der Waals surface area contributed by atoms with Crippen molar-refractivity contribution in [2.45, 2.75) is 25.4 Å². The maximum atomic E-state index is 15.0. The molecule has 190 valence electrons. The number of imidazole rings is 1. The van der Waals surface area contributed by atoms with Gasteiger partial charge in [-0.15, -0.1) is 0 Å². The van der Waals surface area contributed by atoms with Crippen molar-refractivity contribution in [3.63, 3.8) is 0 Å². The average Bonchev–Trinajstić information content (AvgIpc) is 3.42. The number of aryl methyl sites for hydroxylation is 1.